The zero-order valence-electron chi connectivity index (χ0n) is 33.7. The molecule has 1 unspecified atom stereocenters. The molecule has 3 fully saturated rings. The third kappa shape index (κ3) is 8.63. The molecule has 2 N–H and O–H groups in total. The van der Waals surface area contributed by atoms with Gasteiger partial charge in [0.05, 0.1) is 17.1 Å². The lowest BCUT2D eigenvalue weighted by atomic mass is 9.89. The first-order valence-electron chi connectivity index (χ1n) is 20.4. The average Bonchev–Trinajstić information content (AvgIpc) is 3.62. The van der Waals surface area contributed by atoms with E-state index in [-0.39, 0.29) is 36.1 Å². The monoisotopic (exact) mass is 766 g/mol. The van der Waals surface area contributed by atoms with Crippen LogP contribution in [0.1, 0.15) is 75.5 Å². The number of H-pyrrole nitrogens is 1. The molecule has 7 rings (SSSR count). The number of hydrogen-bond acceptors (Lipinski definition) is 8. The van der Waals surface area contributed by atoms with Gasteiger partial charge >= 0.3 is 12.0 Å². The number of pyridine rings is 1. The first-order chi connectivity index (χ1) is 26.9. The van der Waals surface area contributed by atoms with Crippen molar-refractivity contribution in [2.24, 2.45) is 5.41 Å². The van der Waals surface area contributed by atoms with Crippen LogP contribution >= 0.6 is 0 Å². The minimum absolute atomic E-state index is 0.0125. The number of rotatable bonds is 10. The van der Waals surface area contributed by atoms with Crippen LogP contribution < -0.4 is 10.9 Å². The molecule has 2 aromatic heterocycles. The van der Waals surface area contributed by atoms with Gasteiger partial charge in [-0.15, -0.1) is 0 Å². The zero-order chi connectivity index (χ0) is 39.6. The maximum absolute atomic E-state index is 14.4. The van der Waals surface area contributed by atoms with E-state index in [1.54, 1.807) is 15.8 Å². The van der Waals surface area contributed by atoms with Crippen molar-refractivity contribution >= 4 is 39.7 Å². The second-order valence-corrected chi connectivity index (χ2v) is 16.8. The molecule has 3 amide bonds. The zero-order valence-corrected chi connectivity index (χ0v) is 33.7. The van der Waals surface area contributed by atoms with Gasteiger partial charge in [0, 0.05) is 68.2 Å². The number of carbonyl (C=O) groups is 3. The van der Waals surface area contributed by atoms with E-state index in [2.05, 4.69) is 32.2 Å². The molecule has 0 aliphatic carbocycles. The number of para-hydroxylation sites is 1. The summed E-state index contributed by atoms with van der Waals surface area (Å²) in [6, 6.07) is 13.3. The maximum Gasteiger partial charge on any atom is 0.318 e. The number of urea groups is 1. The van der Waals surface area contributed by atoms with E-state index in [1.165, 1.54) is 0 Å². The molecule has 3 saturated heterocycles. The second-order valence-electron chi connectivity index (χ2n) is 16.8. The van der Waals surface area contributed by atoms with Crippen LogP contribution in [0.25, 0.3) is 21.8 Å². The number of likely N-dealkylation sites (tertiary alicyclic amines) is 2. The Balaban J connectivity index is 1.05. The van der Waals surface area contributed by atoms with Crippen LogP contribution in [0.5, 0.6) is 0 Å². The predicted molar refractivity (Wildman–Crippen MR) is 217 cm³/mol. The first-order valence-corrected chi connectivity index (χ1v) is 20.4. The minimum Gasteiger partial charge on any atom is -0.442 e. The summed E-state index contributed by atoms with van der Waals surface area (Å²) in [6.07, 6.45) is 6.37. The Morgan fingerprint density at radius 2 is 1.64 bits per heavy atom. The molecule has 1 atom stereocenters. The normalized spacial score (nSPS) is 18.7. The third-order valence-corrected chi connectivity index (χ3v) is 12.6. The van der Waals surface area contributed by atoms with Crippen LogP contribution in [-0.4, -0.2) is 124 Å². The van der Waals surface area contributed by atoms with E-state index >= 15 is 0 Å². The van der Waals surface area contributed by atoms with Crippen LogP contribution in [-0.2, 0) is 27.5 Å². The van der Waals surface area contributed by atoms with Gasteiger partial charge < -0.3 is 29.7 Å². The highest BCUT2D eigenvalue weighted by Gasteiger charge is 2.34. The highest BCUT2D eigenvalue weighted by atomic mass is 16.5. The van der Waals surface area contributed by atoms with E-state index in [0.717, 1.165) is 77.5 Å². The number of fused-ring (bicyclic) bond motifs is 2. The van der Waals surface area contributed by atoms with Crippen molar-refractivity contribution in [2.75, 3.05) is 59.4 Å². The van der Waals surface area contributed by atoms with Gasteiger partial charge in [0.2, 0.25) is 5.91 Å². The predicted octanol–water partition coefficient (Wildman–Crippen LogP) is 4.86. The molecule has 3 aliphatic rings. The number of esters is 1. The van der Waals surface area contributed by atoms with Crippen LogP contribution in [0.2, 0.25) is 0 Å². The Morgan fingerprint density at radius 3 is 2.36 bits per heavy atom. The highest BCUT2D eigenvalue weighted by molar-refractivity contribution is 5.88. The summed E-state index contributed by atoms with van der Waals surface area (Å²) in [5, 5.41) is 9.56. The summed E-state index contributed by atoms with van der Waals surface area (Å²) in [4.78, 5) is 65.7. The molecule has 13 heteroatoms. The number of aromatic amines is 1. The molecule has 0 bridgehead atoms. The molecule has 56 heavy (non-hydrogen) atoms. The van der Waals surface area contributed by atoms with Gasteiger partial charge in [0.1, 0.15) is 6.04 Å². The van der Waals surface area contributed by atoms with E-state index < -0.39 is 11.5 Å². The van der Waals surface area contributed by atoms with Gasteiger partial charge in [0.25, 0.3) is 5.56 Å². The highest BCUT2D eigenvalue weighted by Crippen LogP contribution is 2.29. The van der Waals surface area contributed by atoms with Gasteiger partial charge in [-0.05, 0) is 114 Å². The Labute approximate surface area is 329 Å². The number of benzene rings is 2. The fourth-order valence-corrected chi connectivity index (χ4v) is 8.62. The van der Waals surface area contributed by atoms with Crippen molar-refractivity contribution in [1.29, 1.82) is 0 Å². The average molecular weight is 767 g/mol. The number of aryl methyl sites for hydroxylation is 1. The van der Waals surface area contributed by atoms with Crippen molar-refractivity contribution in [3.05, 3.63) is 75.7 Å². The van der Waals surface area contributed by atoms with Crippen molar-refractivity contribution in [2.45, 2.75) is 91.0 Å². The Bertz CT molecular complexity index is 2100. The van der Waals surface area contributed by atoms with Gasteiger partial charge in [0.15, 0.2) is 6.73 Å². The molecule has 0 radical (unpaired) electrons. The molecular formula is C43H58N8O5. The van der Waals surface area contributed by atoms with Gasteiger partial charge in [-0.3, -0.25) is 19.3 Å². The number of amides is 3. The third-order valence-electron chi connectivity index (χ3n) is 12.6. The molecule has 0 spiro atoms. The Kier molecular flexibility index (Phi) is 11.8. The summed E-state index contributed by atoms with van der Waals surface area (Å²) in [6.45, 7) is 13.8. The first kappa shape index (κ1) is 39.5. The number of carbonyl (C=O) groups excluding carboxylic acids is 3. The summed E-state index contributed by atoms with van der Waals surface area (Å²) in [5.74, 6) is -0.297. The van der Waals surface area contributed by atoms with Crippen molar-refractivity contribution < 1.29 is 19.1 Å². The van der Waals surface area contributed by atoms with E-state index in [4.69, 9.17) is 4.74 Å². The summed E-state index contributed by atoms with van der Waals surface area (Å²) in [5.41, 5.74) is 3.63. The summed E-state index contributed by atoms with van der Waals surface area (Å²) >= 11 is 0. The number of aromatic nitrogens is 3. The number of nitrogens with one attached hydrogen (secondary N) is 2. The Hall–Kier alpha value is -4.75. The molecule has 2 aromatic carbocycles. The summed E-state index contributed by atoms with van der Waals surface area (Å²) in [7, 11) is 2.17. The molecule has 5 heterocycles. The minimum atomic E-state index is -0.762. The molecular weight excluding hydrogens is 709 g/mol. The lowest BCUT2D eigenvalue weighted by Crippen LogP contribution is -2.59. The lowest BCUT2D eigenvalue weighted by molar-refractivity contribution is -0.158. The summed E-state index contributed by atoms with van der Waals surface area (Å²) < 4.78 is 7.34. The number of piperazine rings is 1. The molecule has 0 saturated carbocycles. The van der Waals surface area contributed by atoms with Crippen molar-refractivity contribution in [3.8, 4) is 0 Å². The van der Waals surface area contributed by atoms with Crippen LogP contribution in [0.4, 0.5) is 4.79 Å². The molecule has 4 aromatic rings. The smallest absolute Gasteiger partial charge is 0.318 e. The van der Waals surface area contributed by atoms with E-state index in [9.17, 15) is 19.2 Å². The van der Waals surface area contributed by atoms with E-state index in [0.29, 0.717) is 57.9 Å². The van der Waals surface area contributed by atoms with Gasteiger partial charge in [-0.25, -0.2) is 9.48 Å². The largest absolute Gasteiger partial charge is 0.442 e. The van der Waals surface area contributed by atoms with Crippen molar-refractivity contribution in [3.63, 3.8) is 0 Å². The fraction of sp³-hybridized carbons (Fsp3) is 0.558. The van der Waals surface area contributed by atoms with Crippen molar-refractivity contribution in [1.82, 2.24) is 39.7 Å². The SMILES string of the molecule is CCC(C)(C)C(=O)OCn1ncc2cc(CC(NC(=O)N3CCC(c4cc5ccccc5[nH]c4=O)CC3)C(=O)N3CCN(C4CCN(C)CC4)CC3)cc(C)c21. The molecule has 3 aliphatic heterocycles. The maximum atomic E-state index is 14.4. The van der Waals surface area contributed by atoms with Gasteiger partial charge in [-0.2, -0.15) is 5.10 Å². The number of hydrogen-bond donors (Lipinski definition) is 2. The second kappa shape index (κ2) is 16.8. The number of nitrogens with zero attached hydrogens (tertiary/aromatic N) is 6. The number of ether oxygens (including phenoxy) is 1. The molecule has 13 nitrogen and oxygen atoms in total. The fourth-order valence-electron chi connectivity index (χ4n) is 8.62. The number of piperidine rings is 2. The standard InChI is InChI=1S/C43H58N8O5/c1-6-43(3,4)41(54)56-28-51-38-29(2)23-30(24-33(38)27-44-51)25-37(40(53)49-21-19-48(20-22-49)34-13-15-47(5)16-14-34)46-42(55)50-17-11-31(12-18-50)35-26-32-9-7-8-10-36(32)45-39(35)52/h7-10,23-24,26-27,31,34,37H,6,11-22,25,28H2,1-5H3,(H,45,52)(H,46,55). The quantitative estimate of drug-likeness (QED) is 0.219. The van der Waals surface area contributed by atoms with Gasteiger partial charge in [-0.1, -0.05) is 31.2 Å². The Morgan fingerprint density at radius 1 is 0.929 bits per heavy atom. The van der Waals surface area contributed by atoms with E-state index in [1.807, 2.05) is 75.1 Å². The lowest BCUT2D eigenvalue weighted by Gasteiger charge is -2.43. The van der Waals surface area contributed by atoms with Crippen LogP contribution in [0.3, 0.4) is 0 Å². The van der Waals surface area contributed by atoms with Crippen LogP contribution in [0.15, 0.2) is 53.5 Å². The van der Waals surface area contributed by atoms with Crippen LogP contribution in [0, 0.1) is 12.3 Å². The molecule has 300 valence electrons. The topological polar surface area (TPSA) is 136 Å².